The molecular weight excluding hydrogens is 372 g/mol. The molecule has 0 fully saturated rings. The molecule has 0 amide bonds. The second kappa shape index (κ2) is 8.25. The van der Waals surface area contributed by atoms with Crippen LogP contribution in [-0.2, 0) is 13.0 Å². The fourth-order valence-corrected chi connectivity index (χ4v) is 3.66. The van der Waals surface area contributed by atoms with Crippen molar-refractivity contribution in [2.45, 2.75) is 13.0 Å². The van der Waals surface area contributed by atoms with Gasteiger partial charge >= 0.3 is 0 Å². The van der Waals surface area contributed by atoms with E-state index in [1.54, 1.807) is 6.33 Å². The Balaban J connectivity index is 1.27. The van der Waals surface area contributed by atoms with Gasteiger partial charge in [0.2, 0.25) is 0 Å². The standard InChI is InChI=1S/C25H22N4O/c1-2-8-22(9-3-1)30-23-12-10-21(11-13-23)28-24-16-25(27-18-26-24)29-15-14-19-6-4-5-7-20(19)17-29/h1-13,16,18H,14-15,17H2,(H,26,27,28). The third-order valence-electron chi connectivity index (χ3n) is 5.21. The Hall–Kier alpha value is -3.86. The van der Waals surface area contributed by atoms with Crippen molar-refractivity contribution < 1.29 is 4.74 Å². The van der Waals surface area contributed by atoms with Crippen LogP contribution in [0.15, 0.2) is 91.3 Å². The van der Waals surface area contributed by atoms with Crippen LogP contribution in [0.2, 0.25) is 0 Å². The zero-order valence-electron chi connectivity index (χ0n) is 16.5. The van der Waals surface area contributed by atoms with Crippen molar-refractivity contribution in [3.63, 3.8) is 0 Å². The minimum atomic E-state index is 0.774. The van der Waals surface area contributed by atoms with Gasteiger partial charge in [0.25, 0.3) is 0 Å². The molecule has 0 bridgehead atoms. The minimum absolute atomic E-state index is 0.774. The van der Waals surface area contributed by atoms with Crippen molar-refractivity contribution in [2.24, 2.45) is 0 Å². The number of fused-ring (bicyclic) bond motifs is 1. The van der Waals surface area contributed by atoms with Crippen LogP contribution in [-0.4, -0.2) is 16.5 Å². The molecule has 5 heteroatoms. The fraction of sp³-hybridized carbons (Fsp3) is 0.120. The Kier molecular flexibility index (Phi) is 5.00. The van der Waals surface area contributed by atoms with E-state index in [2.05, 4.69) is 44.5 Å². The van der Waals surface area contributed by atoms with Gasteiger partial charge in [0.05, 0.1) is 0 Å². The first-order valence-electron chi connectivity index (χ1n) is 10.1. The highest BCUT2D eigenvalue weighted by atomic mass is 16.5. The Labute approximate surface area is 176 Å². The zero-order chi connectivity index (χ0) is 20.2. The number of hydrogen-bond acceptors (Lipinski definition) is 5. The highest BCUT2D eigenvalue weighted by Crippen LogP contribution is 2.26. The second-order valence-corrected chi connectivity index (χ2v) is 7.27. The summed E-state index contributed by atoms with van der Waals surface area (Å²) in [5, 5.41) is 3.36. The van der Waals surface area contributed by atoms with E-state index in [1.807, 2.05) is 60.7 Å². The summed E-state index contributed by atoms with van der Waals surface area (Å²) in [7, 11) is 0. The van der Waals surface area contributed by atoms with Gasteiger partial charge in [0, 0.05) is 24.8 Å². The summed E-state index contributed by atoms with van der Waals surface area (Å²) < 4.78 is 5.85. The number of nitrogens with one attached hydrogen (secondary N) is 1. The van der Waals surface area contributed by atoms with Gasteiger partial charge in [-0.15, -0.1) is 0 Å². The first-order chi connectivity index (χ1) is 14.8. The van der Waals surface area contributed by atoms with Gasteiger partial charge < -0.3 is 15.0 Å². The second-order valence-electron chi connectivity index (χ2n) is 7.27. The number of nitrogens with zero attached hydrogens (tertiary/aromatic N) is 3. The lowest BCUT2D eigenvalue weighted by Gasteiger charge is -2.29. The minimum Gasteiger partial charge on any atom is -0.457 e. The molecule has 1 aromatic heterocycles. The Bertz CT molecular complexity index is 1130. The third kappa shape index (κ3) is 4.10. The number of benzene rings is 3. The number of para-hydroxylation sites is 1. The maximum Gasteiger partial charge on any atom is 0.135 e. The third-order valence-corrected chi connectivity index (χ3v) is 5.21. The van der Waals surface area contributed by atoms with E-state index in [1.165, 1.54) is 11.1 Å². The molecule has 0 atom stereocenters. The molecule has 4 aromatic rings. The summed E-state index contributed by atoms with van der Waals surface area (Å²) in [4.78, 5) is 11.2. The molecule has 0 saturated carbocycles. The van der Waals surface area contributed by atoms with E-state index in [0.717, 1.165) is 48.3 Å². The smallest absolute Gasteiger partial charge is 0.135 e. The highest BCUT2D eigenvalue weighted by Gasteiger charge is 2.17. The average Bonchev–Trinajstić information content (AvgIpc) is 2.81. The van der Waals surface area contributed by atoms with Gasteiger partial charge in [-0.3, -0.25) is 0 Å². The molecule has 0 aliphatic carbocycles. The monoisotopic (exact) mass is 394 g/mol. The predicted molar refractivity (Wildman–Crippen MR) is 119 cm³/mol. The Morgan fingerprint density at radius 3 is 2.33 bits per heavy atom. The lowest BCUT2D eigenvalue weighted by molar-refractivity contribution is 0.483. The quantitative estimate of drug-likeness (QED) is 0.479. The van der Waals surface area contributed by atoms with Gasteiger partial charge in [0.15, 0.2) is 0 Å². The van der Waals surface area contributed by atoms with E-state index in [0.29, 0.717) is 0 Å². The Morgan fingerprint density at radius 1 is 0.767 bits per heavy atom. The van der Waals surface area contributed by atoms with Crippen LogP contribution in [0, 0.1) is 0 Å². The predicted octanol–water partition coefficient (Wildman–Crippen LogP) is 5.58. The van der Waals surface area contributed by atoms with Crippen LogP contribution in [0.3, 0.4) is 0 Å². The van der Waals surface area contributed by atoms with Gasteiger partial charge in [-0.05, 0) is 53.9 Å². The summed E-state index contributed by atoms with van der Waals surface area (Å²) in [6.45, 7) is 1.83. The lowest BCUT2D eigenvalue weighted by Crippen LogP contribution is -2.31. The van der Waals surface area contributed by atoms with E-state index in [9.17, 15) is 0 Å². The molecule has 148 valence electrons. The molecule has 5 nitrogen and oxygen atoms in total. The molecule has 1 N–H and O–H groups in total. The molecule has 5 rings (SSSR count). The summed E-state index contributed by atoms with van der Waals surface area (Å²) in [5.41, 5.74) is 3.74. The number of anilines is 3. The molecular formula is C25H22N4O. The summed E-state index contributed by atoms with van der Waals surface area (Å²) >= 11 is 0. The van der Waals surface area contributed by atoms with Crippen LogP contribution >= 0.6 is 0 Å². The maximum absolute atomic E-state index is 5.85. The van der Waals surface area contributed by atoms with Crippen molar-refractivity contribution >= 4 is 17.3 Å². The molecule has 2 heterocycles. The van der Waals surface area contributed by atoms with E-state index in [-0.39, 0.29) is 0 Å². The normalized spacial score (nSPS) is 12.9. The van der Waals surface area contributed by atoms with Crippen LogP contribution in [0.1, 0.15) is 11.1 Å². The summed E-state index contributed by atoms with van der Waals surface area (Å²) in [5.74, 6) is 3.32. The van der Waals surface area contributed by atoms with E-state index in [4.69, 9.17) is 4.74 Å². The molecule has 30 heavy (non-hydrogen) atoms. The SMILES string of the molecule is c1ccc(Oc2ccc(Nc3cc(N4CCc5ccccc5C4)ncn3)cc2)cc1. The van der Waals surface area contributed by atoms with Crippen LogP contribution in [0.4, 0.5) is 17.3 Å². The Morgan fingerprint density at radius 2 is 1.50 bits per heavy atom. The van der Waals surface area contributed by atoms with Crippen LogP contribution in [0.5, 0.6) is 11.5 Å². The molecule has 0 spiro atoms. The van der Waals surface area contributed by atoms with Crippen molar-refractivity contribution in [3.05, 3.63) is 102 Å². The van der Waals surface area contributed by atoms with Crippen LogP contribution < -0.4 is 15.0 Å². The van der Waals surface area contributed by atoms with E-state index < -0.39 is 0 Å². The number of hydrogen-bond donors (Lipinski definition) is 1. The molecule has 3 aromatic carbocycles. The molecule has 0 saturated heterocycles. The van der Waals surface area contributed by atoms with Gasteiger partial charge in [-0.1, -0.05) is 42.5 Å². The van der Waals surface area contributed by atoms with Crippen molar-refractivity contribution in [3.8, 4) is 11.5 Å². The van der Waals surface area contributed by atoms with Crippen molar-refractivity contribution in [1.29, 1.82) is 0 Å². The highest BCUT2D eigenvalue weighted by molar-refractivity contribution is 5.60. The van der Waals surface area contributed by atoms with Gasteiger partial charge in [-0.25, -0.2) is 9.97 Å². The van der Waals surface area contributed by atoms with Crippen molar-refractivity contribution in [2.75, 3.05) is 16.8 Å². The molecule has 1 aliphatic heterocycles. The first kappa shape index (κ1) is 18.2. The zero-order valence-corrected chi connectivity index (χ0v) is 16.5. The summed E-state index contributed by atoms with van der Waals surface area (Å²) in [6.07, 6.45) is 2.65. The fourth-order valence-electron chi connectivity index (χ4n) is 3.66. The number of aromatic nitrogens is 2. The maximum atomic E-state index is 5.85. The number of ether oxygens (including phenoxy) is 1. The average molecular weight is 394 g/mol. The van der Waals surface area contributed by atoms with Gasteiger partial charge in [-0.2, -0.15) is 0 Å². The van der Waals surface area contributed by atoms with Crippen molar-refractivity contribution in [1.82, 2.24) is 9.97 Å². The number of rotatable bonds is 5. The molecule has 0 radical (unpaired) electrons. The lowest BCUT2D eigenvalue weighted by atomic mass is 10.00. The first-order valence-corrected chi connectivity index (χ1v) is 10.1. The van der Waals surface area contributed by atoms with Gasteiger partial charge in [0.1, 0.15) is 29.5 Å². The summed E-state index contributed by atoms with van der Waals surface area (Å²) in [6, 6.07) is 28.2. The topological polar surface area (TPSA) is 50.3 Å². The van der Waals surface area contributed by atoms with Crippen LogP contribution in [0.25, 0.3) is 0 Å². The largest absolute Gasteiger partial charge is 0.457 e. The van der Waals surface area contributed by atoms with E-state index >= 15 is 0 Å². The molecule has 0 unspecified atom stereocenters. The molecule has 1 aliphatic rings.